The van der Waals surface area contributed by atoms with Gasteiger partial charge in [-0.1, -0.05) is 67.6 Å². The Morgan fingerprint density at radius 3 is 2.31 bits per heavy atom. The standard InChI is InChI=1S/C25H26N2O3S2/c1-19-16-25(28)26-23-17-22(12-13-24(23)31-19)32(29,30)27(18-21-10-6-3-7-11-21)15-14-20-8-4-2-5-9-20/h2-13,17,19H,14-16,18H2,1H3,(H,26,28)/t19-/m0/s1. The minimum atomic E-state index is -3.77. The molecular formula is C25H26N2O3S2. The first kappa shape index (κ1) is 22.6. The summed E-state index contributed by atoms with van der Waals surface area (Å²) in [5, 5.41) is 3.01. The summed E-state index contributed by atoms with van der Waals surface area (Å²) in [5.41, 5.74) is 2.57. The van der Waals surface area contributed by atoms with Crippen molar-refractivity contribution in [2.24, 2.45) is 0 Å². The number of carbonyl (C=O) groups excluding carboxylic acids is 1. The summed E-state index contributed by atoms with van der Waals surface area (Å²) < 4.78 is 28.9. The fourth-order valence-corrected chi connectivity index (χ4v) is 6.22. The number of rotatable bonds is 7. The first-order chi connectivity index (χ1) is 15.4. The number of amides is 1. The zero-order valence-electron chi connectivity index (χ0n) is 17.9. The van der Waals surface area contributed by atoms with Gasteiger partial charge >= 0.3 is 0 Å². The second kappa shape index (κ2) is 9.90. The van der Waals surface area contributed by atoms with E-state index in [4.69, 9.17) is 0 Å². The molecule has 3 aromatic rings. The molecular weight excluding hydrogens is 440 g/mol. The van der Waals surface area contributed by atoms with Crippen molar-refractivity contribution in [2.45, 2.75) is 41.4 Å². The third-order valence-electron chi connectivity index (χ3n) is 5.36. The molecule has 0 bridgehead atoms. The number of nitrogens with zero attached hydrogens (tertiary/aromatic N) is 1. The molecule has 3 aromatic carbocycles. The maximum absolute atomic E-state index is 13.7. The summed E-state index contributed by atoms with van der Waals surface area (Å²) in [7, 11) is -3.77. The van der Waals surface area contributed by atoms with E-state index in [2.05, 4.69) is 5.32 Å². The maximum Gasteiger partial charge on any atom is 0.243 e. The van der Waals surface area contributed by atoms with E-state index < -0.39 is 10.0 Å². The van der Waals surface area contributed by atoms with Crippen molar-refractivity contribution in [2.75, 3.05) is 11.9 Å². The largest absolute Gasteiger partial charge is 0.325 e. The fraction of sp³-hybridized carbons (Fsp3) is 0.240. The molecule has 5 nitrogen and oxygen atoms in total. The molecule has 32 heavy (non-hydrogen) atoms. The van der Waals surface area contributed by atoms with Crippen LogP contribution in [0.15, 0.2) is 88.7 Å². The van der Waals surface area contributed by atoms with Crippen molar-refractivity contribution in [1.82, 2.24) is 4.31 Å². The van der Waals surface area contributed by atoms with Crippen molar-refractivity contribution in [3.05, 3.63) is 90.0 Å². The molecule has 166 valence electrons. The monoisotopic (exact) mass is 466 g/mol. The lowest BCUT2D eigenvalue weighted by atomic mass is 10.1. The number of benzene rings is 3. The second-order valence-corrected chi connectivity index (χ2v) is 11.3. The van der Waals surface area contributed by atoms with Crippen LogP contribution in [0, 0.1) is 0 Å². The molecule has 1 N–H and O–H groups in total. The SMILES string of the molecule is C[C@H]1CC(=O)Nc2cc(S(=O)(=O)N(CCc3ccccc3)Cc3ccccc3)ccc2S1. The molecule has 7 heteroatoms. The lowest BCUT2D eigenvalue weighted by Gasteiger charge is -2.23. The molecule has 1 aliphatic rings. The number of fused-ring (bicyclic) bond motifs is 1. The molecule has 0 radical (unpaired) electrons. The van der Waals surface area contributed by atoms with Crippen LogP contribution >= 0.6 is 11.8 Å². The molecule has 0 saturated carbocycles. The van der Waals surface area contributed by atoms with Crippen LogP contribution in [0.4, 0.5) is 5.69 Å². The zero-order chi connectivity index (χ0) is 22.6. The van der Waals surface area contributed by atoms with E-state index in [9.17, 15) is 13.2 Å². The van der Waals surface area contributed by atoms with E-state index in [0.717, 1.165) is 16.0 Å². The van der Waals surface area contributed by atoms with E-state index >= 15 is 0 Å². The fourth-order valence-electron chi connectivity index (χ4n) is 3.71. The Morgan fingerprint density at radius 2 is 1.62 bits per heavy atom. The van der Waals surface area contributed by atoms with Gasteiger partial charge in [-0.05, 0) is 35.7 Å². The number of thioether (sulfide) groups is 1. The van der Waals surface area contributed by atoms with E-state index in [1.807, 2.05) is 67.6 Å². The Bertz CT molecular complexity index is 1180. The van der Waals surface area contributed by atoms with Gasteiger partial charge in [0.1, 0.15) is 0 Å². The Labute approximate surface area is 193 Å². The number of sulfonamides is 1. The average Bonchev–Trinajstić information content (AvgIpc) is 2.93. The number of hydrogen-bond donors (Lipinski definition) is 1. The summed E-state index contributed by atoms with van der Waals surface area (Å²) in [4.78, 5) is 13.2. The normalized spacial score (nSPS) is 16.3. The van der Waals surface area contributed by atoms with Crippen molar-refractivity contribution < 1.29 is 13.2 Å². The second-order valence-electron chi connectivity index (χ2n) is 7.90. The van der Waals surface area contributed by atoms with E-state index in [1.165, 1.54) is 4.31 Å². The van der Waals surface area contributed by atoms with Gasteiger partial charge in [0.25, 0.3) is 0 Å². The first-order valence-corrected chi connectivity index (χ1v) is 12.9. The number of carbonyl (C=O) groups is 1. The Kier molecular flexibility index (Phi) is 6.98. The van der Waals surface area contributed by atoms with Gasteiger partial charge in [-0.15, -0.1) is 11.8 Å². The lowest BCUT2D eigenvalue weighted by molar-refractivity contribution is -0.116. The minimum absolute atomic E-state index is 0.0940. The Morgan fingerprint density at radius 1 is 0.969 bits per heavy atom. The predicted molar refractivity (Wildman–Crippen MR) is 129 cm³/mol. The smallest absolute Gasteiger partial charge is 0.243 e. The van der Waals surface area contributed by atoms with Crippen molar-refractivity contribution in [3.8, 4) is 0 Å². The van der Waals surface area contributed by atoms with Crippen LogP contribution in [-0.4, -0.2) is 30.4 Å². The van der Waals surface area contributed by atoms with E-state index in [1.54, 1.807) is 30.0 Å². The molecule has 1 amide bonds. The molecule has 0 spiro atoms. The van der Waals surface area contributed by atoms with Gasteiger partial charge in [0.2, 0.25) is 15.9 Å². The van der Waals surface area contributed by atoms with Crippen molar-refractivity contribution >= 4 is 33.4 Å². The molecule has 0 unspecified atom stereocenters. The van der Waals surface area contributed by atoms with E-state index in [0.29, 0.717) is 25.1 Å². The van der Waals surface area contributed by atoms with Crippen LogP contribution in [0.25, 0.3) is 0 Å². The third kappa shape index (κ3) is 5.41. The van der Waals surface area contributed by atoms with Crippen LogP contribution < -0.4 is 5.32 Å². The highest BCUT2D eigenvalue weighted by Gasteiger charge is 2.27. The quantitative estimate of drug-likeness (QED) is 0.535. The third-order valence-corrected chi connectivity index (χ3v) is 8.38. The maximum atomic E-state index is 13.7. The van der Waals surface area contributed by atoms with Gasteiger partial charge in [0, 0.05) is 29.7 Å². The first-order valence-electron chi connectivity index (χ1n) is 10.6. The topological polar surface area (TPSA) is 66.5 Å². The number of anilines is 1. The summed E-state index contributed by atoms with van der Waals surface area (Å²) >= 11 is 1.58. The van der Waals surface area contributed by atoms with Crippen LogP contribution in [0.5, 0.6) is 0 Å². The summed E-state index contributed by atoms with van der Waals surface area (Å²) in [6, 6.07) is 24.5. The average molecular weight is 467 g/mol. The predicted octanol–water partition coefficient (Wildman–Crippen LogP) is 4.94. The van der Waals surface area contributed by atoms with Crippen LogP contribution in [0.3, 0.4) is 0 Å². The summed E-state index contributed by atoms with van der Waals surface area (Å²) in [6.45, 7) is 2.64. The van der Waals surface area contributed by atoms with Gasteiger partial charge < -0.3 is 5.32 Å². The minimum Gasteiger partial charge on any atom is -0.325 e. The number of hydrogen-bond acceptors (Lipinski definition) is 4. The molecule has 1 aliphatic heterocycles. The Hall–Kier alpha value is -2.61. The molecule has 0 aliphatic carbocycles. The highest BCUT2D eigenvalue weighted by molar-refractivity contribution is 8.00. The van der Waals surface area contributed by atoms with E-state index in [-0.39, 0.29) is 22.6 Å². The highest BCUT2D eigenvalue weighted by Crippen LogP contribution is 2.36. The zero-order valence-corrected chi connectivity index (χ0v) is 19.5. The van der Waals surface area contributed by atoms with Crippen LogP contribution in [0.1, 0.15) is 24.5 Å². The van der Waals surface area contributed by atoms with Crippen LogP contribution in [0.2, 0.25) is 0 Å². The summed E-state index contributed by atoms with van der Waals surface area (Å²) in [5.74, 6) is -0.0940. The molecule has 0 saturated heterocycles. The molecule has 1 atom stereocenters. The van der Waals surface area contributed by atoms with Crippen LogP contribution in [-0.2, 0) is 27.8 Å². The summed E-state index contributed by atoms with van der Waals surface area (Å²) in [6.07, 6.45) is 1.01. The van der Waals surface area contributed by atoms with Gasteiger partial charge in [0.15, 0.2) is 0 Å². The van der Waals surface area contributed by atoms with Crippen molar-refractivity contribution in [3.63, 3.8) is 0 Å². The molecule has 0 fully saturated rings. The number of nitrogens with one attached hydrogen (secondary N) is 1. The van der Waals surface area contributed by atoms with Gasteiger partial charge in [-0.2, -0.15) is 4.31 Å². The molecule has 0 aromatic heterocycles. The van der Waals surface area contributed by atoms with Gasteiger partial charge in [-0.25, -0.2) is 8.42 Å². The van der Waals surface area contributed by atoms with Gasteiger partial charge in [0.05, 0.1) is 10.6 Å². The molecule has 4 rings (SSSR count). The molecule has 1 heterocycles. The Balaban J connectivity index is 1.65. The lowest BCUT2D eigenvalue weighted by Crippen LogP contribution is -2.32. The highest BCUT2D eigenvalue weighted by atomic mass is 32.2. The van der Waals surface area contributed by atoms with Crippen molar-refractivity contribution in [1.29, 1.82) is 0 Å². The van der Waals surface area contributed by atoms with Gasteiger partial charge in [-0.3, -0.25) is 4.79 Å².